The van der Waals surface area contributed by atoms with Crippen molar-refractivity contribution in [3.8, 4) is 5.75 Å². The predicted molar refractivity (Wildman–Crippen MR) is 96.6 cm³/mol. The number of carbonyl (C=O) groups excluding carboxylic acids is 1. The zero-order valence-electron chi connectivity index (χ0n) is 13.5. The first-order chi connectivity index (χ1) is 12.2. The number of thiophene rings is 1. The number of aliphatic hydroxyl groups is 1. The molecule has 0 unspecified atom stereocenters. The number of nitrogens with one attached hydrogen (secondary N) is 1. The topological polar surface area (TPSA) is 58.6 Å². The molecular weight excluding hydrogens is 341 g/mol. The van der Waals surface area contributed by atoms with E-state index >= 15 is 0 Å². The lowest BCUT2D eigenvalue weighted by Gasteiger charge is -2.09. The first-order valence-electron chi connectivity index (χ1n) is 7.97. The Balaban J connectivity index is 1.92. The lowest BCUT2D eigenvalue weighted by Crippen LogP contribution is -2.25. The third-order valence-corrected chi connectivity index (χ3v) is 4.91. The minimum Gasteiger partial charge on any atom is -0.489 e. The smallest absolute Gasteiger partial charge is 0.261 e. The number of benzene rings is 2. The summed E-state index contributed by atoms with van der Waals surface area (Å²) in [6, 6.07) is 14.0. The van der Waals surface area contributed by atoms with Gasteiger partial charge in [-0.2, -0.15) is 0 Å². The van der Waals surface area contributed by atoms with E-state index in [2.05, 4.69) is 5.32 Å². The van der Waals surface area contributed by atoms with Crippen LogP contribution in [0.5, 0.6) is 5.75 Å². The highest BCUT2D eigenvalue weighted by atomic mass is 32.1. The van der Waals surface area contributed by atoms with Gasteiger partial charge in [-0.15, -0.1) is 11.3 Å². The molecule has 0 bridgehead atoms. The van der Waals surface area contributed by atoms with E-state index in [-0.39, 0.29) is 24.9 Å². The van der Waals surface area contributed by atoms with Crippen LogP contribution < -0.4 is 10.1 Å². The number of hydrogen-bond donors (Lipinski definition) is 2. The second-order valence-electron chi connectivity index (χ2n) is 5.46. The lowest BCUT2D eigenvalue weighted by atomic mass is 10.1. The maximum absolute atomic E-state index is 14.3. The van der Waals surface area contributed by atoms with Crippen LogP contribution in [-0.4, -0.2) is 24.2 Å². The number of para-hydroxylation sites is 1. The van der Waals surface area contributed by atoms with Gasteiger partial charge in [0, 0.05) is 28.8 Å². The van der Waals surface area contributed by atoms with Gasteiger partial charge in [-0.3, -0.25) is 4.79 Å². The summed E-state index contributed by atoms with van der Waals surface area (Å²) < 4.78 is 20.8. The number of halogens is 1. The zero-order valence-corrected chi connectivity index (χ0v) is 14.3. The second-order valence-corrected chi connectivity index (χ2v) is 6.51. The Labute approximate surface area is 148 Å². The molecule has 2 N–H and O–H groups in total. The molecule has 3 rings (SSSR count). The number of fused-ring (bicyclic) bond motifs is 1. The first-order valence-corrected chi connectivity index (χ1v) is 8.79. The average molecular weight is 359 g/mol. The molecule has 0 aliphatic rings. The van der Waals surface area contributed by atoms with Crippen LogP contribution in [0.2, 0.25) is 0 Å². The number of ether oxygens (including phenoxy) is 1. The molecule has 0 saturated carbocycles. The number of hydrogen-bond acceptors (Lipinski definition) is 4. The largest absolute Gasteiger partial charge is 0.489 e. The Morgan fingerprint density at radius 2 is 1.96 bits per heavy atom. The highest BCUT2D eigenvalue weighted by molar-refractivity contribution is 7.21. The van der Waals surface area contributed by atoms with Crippen LogP contribution in [0.25, 0.3) is 10.1 Å². The molecule has 1 heterocycles. The van der Waals surface area contributed by atoms with Crippen LogP contribution in [0.4, 0.5) is 4.39 Å². The first kappa shape index (κ1) is 17.4. The Kier molecular flexibility index (Phi) is 5.63. The van der Waals surface area contributed by atoms with Crippen LogP contribution in [-0.2, 0) is 6.61 Å². The van der Waals surface area contributed by atoms with Crippen molar-refractivity contribution in [1.82, 2.24) is 5.32 Å². The fourth-order valence-corrected chi connectivity index (χ4v) is 3.66. The van der Waals surface area contributed by atoms with Crippen LogP contribution in [0, 0.1) is 5.82 Å². The summed E-state index contributed by atoms with van der Waals surface area (Å²) in [5, 5.41) is 12.0. The maximum atomic E-state index is 14.3. The molecule has 130 valence electrons. The van der Waals surface area contributed by atoms with Crippen LogP contribution in [0.3, 0.4) is 0 Å². The number of rotatable bonds is 7. The molecule has 0 fully saturated rings. The molecule has 1 aromatic heterocycles. The Morgan fingerprint density at radius 3 is 2.72 bits per heavy atom. The van der Waals surface area contributed by atoms with Crippen molar-refractivity contribution in [3.63, 3.8) is 0 Å². The van der Waals surface area contributed by atoms with Gasteiger partial charge in [0.15, 0.2) is 0 Å². The van der Waals surface area contributed by atoms with Crippen molar-refractivity contribution < 1.29 is 19.0 Å². The van der Waals surface area contributed by atoms with Gasteiger partial charge in [-0.1, -0.05) is 24.3 Å². The van der Waals surface area contributed by atoms with Crippen molar-refractivity contribution in [3.05, 3.63) is 64.8 Å². The highest BCUT2D eigenvalue weighted by Crippen LogP contribution is 2.34. The standard InChI is InChI=1S/C19H18FNO3S/c20-15-8-4-9-16-17(15)14(12-24-13-6-2-1-3-7-13)18(25-16)19(23)21-10-5-11-22/h1-4,6-9,22H,5,10-12H2,(H,21,23). The van der Waals surface area contributed by atoms with E-state index in [1.165, 1.54) is 17.4 Å². The molecule has 0 radical (unpaired) electrons. The minimum atomic E-state index is -0.366. The van der Waals surface area contributed by atoms with Gasteiger partial charge < -0.3 is 15.2 Å². The maximum Gasteiger partial charge on any atom is 0.261 e. The SMILES string of the molecule is O=C(NCCCO)c1sc2cccc(F)c2c1COc1ccccc1. The van der Waals surface area contributed by atoms with Crippen LogP contribution >= 0.6 is 11.3 Å². The predicted octanol–water partition coefficient (Wildman–Crippen LogP) is 3.73. The molecule has 4 nitrogen and oxygen atoms in total. The van der Waals surface area contributed by atoms with Crippen molar-refractivity contribution >= 4 is 27.3 Å². The van der Waals surface area contributed by atoms with Gasteiger partial charge in [-0.25, -0.2) is 4.39 Å². The van der Waals surface area contributed by atoms with E-state index in [4.69, 9.17) is 9.84 Å². The summed E-state index contributed by atoms with van der Waals surface area (Å²) in [6.07, 6.45) is 0.473. The van der Waals surface area contributed by atoms with E-state index in [9.17, 15) is 9.18 Å². The van der Waals surface area contributed by atoms with Crippen molar-refractivity contribution in [2.75, 3.05) is 13.2 Å². The molecule has 6 heteroatoms. The van der Waals surface area contributed by atoms with E-state index in [1.807, 2.05) is 30.3 Å². The molecule has 1 amide bonds. The summed E-state index contributed by atoms with van der Waals surface area (Å²) in [6.45, 7) is 0.476. The zero-order chi connectivity index (χ0) is 17.6. The van der Waals surface area contributed by atoms with Crippen LogP contribution in [0.1, 0.15) is 21.7 Å². The lowest BCUT2D eigenvalue weighted by molar-refractivity contribution is 0.0953. The Bertz CT molecular complexity index is 864. The molecule has 0 atom stereocenters. The van der Waals surface area contributed by atoms with Crippen molar-refractivity contribution in [2.24, 2.45) is 0 Å². The summed E-state index contributed by atoms with van der Waals surface area (Å²) >= 11 is 1.24. The second kappa shape index (κ2) is 8.09. The third kappa shape index (κ3) is 3.97. The van der Waals surface area contributed by atoms with Gasteiger partial charge in [0.2, 0.25) is 0 Å². The Morgan fingerprint density at radius 1 is 1.16 bits per heavy atom. The summed E-state index contributed by atoms with van der Waals surface area (Å²) in [5.74, 6) is 0.0142. The highest BCUT2D eigenvalue weighted by Gasteiger charge is 2.21. The molecule has 0 spiro atoms. The number of amides is 1. The monoisotopic (exact) mass is 359 g/mol. The van der Waals surface area contributed by atoms with Gasteiger partial charge in [-0.05, 0) is 30.7 Å². The Hall–Kier alpha value is -2.44. The normalized spacial score (nSPS) is 10.8. The average Bonchev–Trinajstić information content (AvgIpc) is 3.01. The summed E-state index contributed by atoms with van der Waals surface area (Å²) in [4.78, 5) is 12.9. The van der Waals surface area contributed by atoms with Gasteiger partial charge in [0.25, 0.3) is 5.91 Å². The van der Waals surface area contributed by atoms with E-state index in [0.717, 1.165) is 0 Å². The molecule has 0 aliphatic heterocycles. The van der Waals surface area contributed by atoms with Gasteiger partial charge >= 0.3 is 0 Å². The van der Waals surface area contributed by atoms with Crippen molar-refractivity contribution in [1.29, 1.82) is 0 Å². The summed E-state index contributed by atoms with van der Waals surface area (Å²) in [5.41, 5.74) is 0.545. The number of aliphatic hydroxyl groups excluding tert-OH is 1. The number of carbonyl (C=O) groups is 1. The van der Waals surface area contributed by atoms with Crippen LogP contribution in [0.15, 0.2) is 48.5 Å². The molecular formula is C19H18FNO3S. The minimum absolute atomic E-state index is 0.00526. The van der Waals surface area contributed by atoms with E-state index in [0.29, 0.717) is 39.2 Å². The van der Waals surface area contributed by atoms with Gasteiger partial charge in [0.1, 0.15) is 18.2 Å². The van der Waals surface area contributed by atoms with E-state index in [1.54, 1.807) is 12.1 Å². The molecule has 2 aromatic carbocycles. The van der Waals surface area contributed by atoms with E-state index < -0.39 is 0 Å². The molecule has 3 aromatic rings. The third-order valence-electron chi connectivity index (χ3n) is 3.72. The van der Waals surface area contributed by atoms with Gasteiger partial charge in [0.05, 0.1) is 4.88 Å². The summed E-state index contributed by atoms with van der Waals surface area (Å²) in [7, 11) is 0. The molecule has 25 heavy (non-hydrogen) atoms. The quantitative estimate of drug-likeness (QED) is 0.632. The van der Waals surface area contributed by atoms with Crippen molar-refractivity contribution in [2.45, 2.75) is 13.0 Å². The molecule has 0 saturated heterocycles. The fraction of sp³-hybridized carbons (Fsp3) is 0.211. The molecule has 0 aliphatic carbocycles. The fourth-order valence-electron chi connectivity index (χ4n) is 2.52.